The summed E-state index contributed by atoms with van der Waals surface area (Å²) in [6.45, 7) is 0.0654. The van der Waals surface area contributed by atoms with Crippen LogP contribution in [0.5, 0.6) is 11.5 Å². The molecule has 2 aromatic carbocycles. The van der Waals surface area contributed by atoms with Crippen LogP contribution in [0.15, 0.2) is 47.5 Å². The van der Waals surface area contributed by atoms with Gasteiger partial charge in [0, 0.05) is 20.1 Å². The molecule has 31 heavy (non-hydrogen) atoms. The Morgan fingerprint density at radius 2 is 1.81 bits per heavy atom. The zero-order chi connectivity index (χ0) is 21.4. The zero-order valence-electron chi connectivity index (χ0n) is 17.0. The van der Waals surface area contributed by atoms with Gasteiger partial charge >= 0.3 is 6.18 Å². The Morgan fingerprint density at radius 3 is 2.58 bits per heavy atom. The molecule has 2 N–H and O–H groups in total. The molecule has 3 rings (SSSR count). The van der Waals surface area contributed by atoms with Gasteiger partial charge < -0.3 is 24.8 Å². The van der Waals surface area contributed by atoms with Crippen molar-refractivity contribution in [2.75, 3.05) is 27.0 Å². The Balaban J connectivity index is 0.00000341. The van der Waals surface area contributed by atoms with E-state index in [1.165, 1.54) is 0 Å². The SMILES string of the molecule is CN=C(NCCc1ccc2c(c1)OCO2)NCc1cccc(COCC(F)(F)F)c1.I. The van der Waals surface area contributed by atoms with Crippen LogP contribution in [0, 0.1) is 0 Å². The molecule has 0 saturated carbocycles. The average molecular weight is 551 g/mol. The fraction of sp³-hybridized carbons (Fsp3) is 0.381. The normalized spacial score (nSPS) is 13.0. The first-order valence-corrected chi connectivity index (χ1v) is 9.48. The van der Waals surface area contributed by atoms with Gasteiger partial charge in [-0.05, 0) is 35.2 Å². The maximum atomic E-state index is 12.2. The largest absolute Gasteiger partial charge is 0.454 e. The number of halogens is 4. The fourth-order valence-corrected chi connectivity index (χ4v) is 2.94. The first-order chi connectivity index (χ1) is 14.4. The Kier molecular flexibility index (Phi) is 9.69. The van der Waals surface area contributed by atoms with Gasteiger partial charge in [0.2, 0.25) is 6.79 Å². The zero-order valence-corrected chi connectivity index (χ0v) is 19.3. The maximum absolute atomic E-state index is 12.2. The standard InChI is InChI=1S/C21H24F3N3O3.HI/c1-25-20(26-8-7-15-5-6-18-19(10-15)30-14-29-18)27-11-16-3-2-4-17(9-16)12-28-13-21(22,23)24;/h2-6,9-10H,7-8,11-14H2,1H3,(H2,25,26,27);1H. The van der Waals surface area contributed by atoms with E-state index in [0.29, 0.717) is 24.6 Å². The molecule has 1 heterocycles. The number of rotatable bonds is 8. The van der Waals surface area contributed by atoms with Crippen molar-refractivity contribution in [1.29, 1.82) is 0 Å². The summed E-state index contributed by atoms with van der Waals surface area (Å²) in [4.78, 5) is 4.19. The molecular formula is C21H25F3IN3O3. The molecule has 170 valence electrons. The van der Waals surface area contributed by atoms with Gasteiger partial charge in [-0.1, -0.05) is 30.3 Å². The van der Waals surface area contributed by atoms with E-state index in [-0.39, 0.29) is 37.4 Å². The van der Waals surface area contributed by atoms with Crippen molar-refractivity contribution in [1.82, 2.24) is 10.6 Å². The molecule has 0 radical (unpaired) electrons. The highest BCUT2D eigenvalue weighted by atomic mass is 127. The summed E-state index contributed by atoms with van der Waals surface area (Å²) in [5.74, 6) is 2.15. The summed E-state index contributed by atoms with van der Waals surface area (Å²) < 4.78 is 52.0. The second-order valence-corrected chi connectivity index (χ2v) is 6.72. The average Bonchev–Trinajstić information content (AvgIpc) is 3.18. The van der Waals surface area contributed by atoms with Crippen LogP contribution in [-0.2, 0) is 24.3 Å². The quantitative estimate of drug-likeness (QED) is 0.295. The number of nitrogens with one attached hydrogen (secondary N) is 2. The van der Waals surface area contributed by atoms with Crippen molar-refractivity contribution in [2.45, 2.75) is 25.7 Å². The lowest BCUT2D eigenvalue weighted by atomic mass is 10.1. The van der Waals surface area contributed by atoms with Crippen LogP contribution in [0.4, 0.5) is 13.2 Å². The molecule has 0 atom stereocenters. The number of guanidine groups is 1. The van der Waals surface area contributed by atoms with Crippen LogP contribution in [0.2, 0.25) is 0 Å². The Bertz CT molecular complexity index is 878. The first kappa shape index (κ1) is 25.1. The minimum absolute atomic E-state index is 0. The van der Waals surface area contributed by atoms with Gasteiger partial charge in [-0.15, -0.1) is 24.0 Å². The molecule has 1 aliphatic heterocycles. The summed E-state index contributed by atoms with van der Waals surface area (Å²) in [6, 6.07) is 13.1. The predicted octanol–water partition coefficient (Wildman–Crippen LogP) is 4.02. The minimum atomic E-state index is -4.32. The third kappa shape index (κ3) is 8.44. The van der Waals surface area contributed by atoms with Gasteiger partial charge in [0.25, 0.3) is 0 Å². The molecule has 0 unspecified atom stereocenters. The monoisotopic (exact) mass is 551 g/mol. The van der Waals surface area contributed by atoms with Crippen LogP contribution >= 0.6 is 24.0 Å². The van der Waals surface area contributed by atoms with Crippen molar-refractivity contribution in [3.63, 3.8) is 0 Å². The second kappa shape index (κ2) is 12.0. The van der Waals surface area contributed by atoms with Crippen molar-refractivity contribution < 1.29 is 27.4 Å². The van der Waals surface area contributed by atoms with Crippen molar-refractivity contribution in [2.24, 2.45) is 4.99 Å². The van der Waals surface area contributed by atoms with Crippen LogP contribution in [-0.4, -0.2) is 39.1 Å². The maximum Gasteiger partial charge on any atom is 0.411 e. The van der Waals surface area contributed by atoms with E-state index in [1.807, 2.05) is 30.3 Å². The second-order valence-electron chi connectivity index (χ2n) is 6.72. The number of benzene rings is 2. The van der Waals surface area contributed by atoms with E-state index in [4.69, 9.17) is 14.2 Å². The lowest BCUT2D eigenvalue weighted by Crippen LogP contribution is -2.37. The predicted molar refractivity (Wildman–Crippen MR) is 122 cm³/mol. The summed E-state index contributed by atoms with van der Waals surface area (Å²) in [5, 5.41) is 6.43. The number of alkyl halides is 3. The van der Waals surface area contributed by atoms with E-state index in [9.17, 15) is 13.2 Å². The van der Waals surface area contributed by atoms with Gasteiger partial charge in [-0.3, -0.25) is 4.99 Å². The van der Waals surface area contributed by atoms with Gasteiger partial charge in [0.1, 0.15) is 6.61 Å². The molecule has 0 fully saturated rings. The van der Waals surface area contributed by atoms with Gasteiger partial charge in [0.15, 0.2) is 17.5 Å². The highest BCUT2D eigenvalue weighted by Crippen LogP contribution is 2.32. The molecule has 0 aliphatic carbocycles. The number of hydrogen-bond donors (Lipinski definition) is 2. The van der Waals surface area contributed by atoms with Crippen molar-refractivity contribution in [3.8, 4) is 11.5 Å². The topological polar surface area (TPSA) is 64.1 Å². The van der Waals surface area contributed by atoms with E-state index in [2.05, 4.69) is 15.6 Å². The number of hydrogen-bond acceptors (Lipinski definition) is 4. The Labute approximate surface area is 196 Å². The molecular weight excluding hydrogens is 526 g/mol. The third-order valence-electron chi connectivity index (χ3n) is 4.35. The van der Waals surface area contributed by atoms with Crippen molar-refractivity contribution >= 4 is 29.9 Å². The third-order valence-corrected chi connectivity index (χ3v) is 4.35. The summed E-state index contributed by atoms with van der Waals surface area (Å²) >= 11 is 0. The molecule has 10 heteroatoms. The molecule has 6 nitrogen and oxygen atoms in total. The Morgan fingerprint density at radius 1 is 1.03 bits per heavy atom. The van der Waals surface area contributed by atoms with E-state index >= 15 is 0 Å². The molecule has 0 saturated heterocycles. The molecule has 0 spiro atoms. The number of aliphatic imine (C=N–C) groups is 1. The number of fused-ring (bicyclic) bond motifs is 1. The van der Waals surface area contributed by atoms with E-state index < -0.39 is 12.8 Å². The summed E-state index contributed by atoms with van der Waals surface area (Å²) in [5.41, 5.74) is 2.72. The summed E-state index contributed by atoms with van der Waals surface area (Å²) in [7, 11) is 1.68. The molecule has 0 aromatic heterocycles. The fourth-order valence-electron chi connectivity index (χ4n) is 2.94. The smallest absolute Gasteiger partial charge is 0.411 e. The van der Waals surface area contributed by atoms with Gasteiger partial charge in [-0.2, -0.15) is 13.2 Å². The minimum Gasteiger partial charge on any atom is -0.454 e. The van der Waals surface area contributed by atoms with E-state index in [0.717, 1.165) is 29.0 Å². The van der Waals surface area contributed by atoms with Crippen LogP contribution in [0.25, 0.3) is 0 Å². The number of nitrogens with zero attached hydrogens (tertiary/aromatic N) is 1. The van der Waals surface area contributed by atoms with Crippen molar-refractivity contribution in [3.05, 3.63) is 59.2 Å². The highest BCUT2D eigenvalue weighted by Gasteiger charge is 2.27. The van der Waals surface area contributed by atoms with Gasteiger partial charge in [0.05, 0.1) is 6.61 Å². The van der Waals surface area contributed by atoms with Crippen LogP contribution in [0.1, 0.15) is 16.7 Å². The highest BCUT2D eigenvalue weighted by molar-refractivity contribution is 14.0. The number of ether oxygens (including phenoxy) is 3. The van der Waals surface area contributed by atoms with Gasteiger partial charge in [-0.25, -0.2) is 0 Å². The molecule has 0 amide bonds. The Hall–Kier alpha value is -2.21. The lowest BCUT2D eigenvalue weighted by molar-refractivity contribution is -0.176. The first-order valence-electron chi connectivity index (χ1n) is 9.48. The molecule has 0 bridgehead atoms. The van der Waals surface area contributed by atoms with Crippen LogP contribution in [0.3, 0.4) is 0 Å². The molecule has 2 aromatic rings. The summed E-state index contributed by atoms with van der Waals surface area (Å²) in [6.07, 6.45) is -3.54. The lowest BCUT2D eigenvalue weighted by Gasteiger charge is -2.13. The molecule has 1 aliphatic rings. The van der Waals surface area contributed by atoms with Crippen LogP contribution < -0.4 is 20.1 Å². The van der Waals surface area contributed by atoms with E-state index in [1.54, 1.807) is 19.2 Å².